The van der Waals surface area contributed by atoms with Crippen molar-refractivity contribution in [2.24, 2.45) is 0 Å². The highest BCUT2D eigenvalue weighted by molar-refractivity contribution is 5.89. The van der Waals surface area contributed by atoms with E-state index in [9.17, 15) is 9.18 Å². The SMILES string of the molecule is CC1(C)Oc2ccc(NCc3ccc(F)cc3)cc2C(OCc2ccccc2)C1OC(=O)c1ccccc1. The van der Waals surface area contributed by atoms with E-state index in [-0.39, 0.29) is 5.82 Å². The molecule has 0 aromatic heterocycles. The number of halogens is 1. The van der Waals surface area contributed by atoms with E-state index in [1.807, 2.05) is 68.4 Å². The van der Waals surface area contributed by atoms with Crippen molar-refractivity contribution in [3.8, 4) is 5.75 Å². The topological polar surface area (TPSA) is 56.8 Å². The van der Waals surface area contributed by atoms with Gasteiger partial charge in [0.2, 0.25) is 0 Å². The van der Waals surface area contributed by atoms with Crippen molar-refractivity contribution in [2.75, 3.05) is 5.32 Å². The van der Waals surface area contributed by atoms with Gasteiger partial charge in [-0.1, -0.05) is 60.7 Å². The molecule has 5 nitrogen and oxygen atoms in total. The molecule has 1 heterocycles. The first-order chi connectivity index (χ1) is 18.4. The molecule has 0 spiro atoms. The normalized spacial score (nSPS) is 17.7. The van der Waals surface area contributed by atoms with E-state index in [1.165, 1.54) is 12.1 Å². The largest absolute Gasteiger partial charge is 0.483 e. The van der Waals surface area contributed by atoms with Gasteiger partial charge in [0.05, 0.1) is 12.2 Å². The minimum atomic E-state index is -0.845. The second-order valence-electron chi connectivity index (χ2n) is 9.85. The third-order valence-electron chi connectivity index (χ3n) is 6.58. The van der Waals surface area contributed by atoms with E-state index in [0.29, 0.717) is 24.5 Å². The zero-order valence-electron chi connectivity index (χ0n) is 21.4. The highest BCUT2D eigenvalue weighted by atomic mass is 19.1. The molecule has 0 radical (unpaired) electrons. The Kier molecular flexibility index (Phi) is 7.43. The van der Waals surface area contributed by atoms with Crippen molar-refractivity contribution in [1.82, 2.24) is 0 Å². The smallest absolute Gasteiger partial charge is 0.338 e. The quantitative estimate of drug-likeness (QED) is 0.256. The van der Waals surface area contributed by atoms with Crippen LogP contribution in [0.3, 0.4) is 0 Å². The molecule has 0 fully saturated rings. The van der Waals surface area contributed by atoms with Crippen LogP contribution in [0.25, 0.3) is 0 Å². The Labute approximate surface area is 222 Å². The van der Waals surface area contributed by atoms with E-state index in [4.69, 9.17) is 14.2 Å². The van der Waals surface area contributed by atoms with Crippen LogP contribution in [0.2, 0.25) is 0 Å². The molecule has 0 aliphatic carbocycles. The van der Waals surface area contributed by atoms with Crippen LogP contribution < -0.4 is 10.1 Å². The number of carbonyl (C=O) groups excluding carboxylic acids is 1. The maximum absolute atomic E-state index is 13.3. The van der Waals surface area contributed by atoms with Gasteiger partial charge in [0.1, 0.15) is 23.3 Å². The molecular weight excluding hydrogens is 481 g/mol. The van der Waals surface area contributed by atoms with Crippen LogP contribution in [0.15, 0.2) is 103 Å². The van der Waals surface area contributed by atoms with E-state index >= 15 is 0 Å². The lowest BCUT2D eigenvalue weighted by Gasteiger charge is -2.43. The van der Waals surface area contributed by atoms with Crippen molar-refractivity contribution >= 4 is 11.7 Å². The molecule has 0 saturated carbocycles. The molecule has 1 N–H and O–H groups in total. The number of anilines is 1. The van der Waals surface area contributed by atoms with E-state index in [2.05, 4.69) is 5.32 Å². The third-order valence-corrected chi connectivity index (χ3v) is 6.58. The molecule has 4 aromatic carbocycles. The second kappa shape index (κ2) is 11.1. The van der Waals surface area contributed by atoms with Gasteiger partial charge >= 0.3 is 5.97 Å². The molecule has 0 amide bonds. The molecule has 1 aliphatic heterocycles. The fourth-order valence-corrected chi connectivity index (χ4v) is 4.55. The summed E-state index contributed by atoms with van der Waals surface area (Å²) in [5, 5.41) is 3.39. The number of benzene rings is 4. The number of hydrogen-bond donors (Lipinski definition) is 1. The number of esters is 1. The number of fused-ring (bicyclic) bond motifs is 1. The molecule has 194 valence electrons. The van der Waals surface area contributed by atoms with Gasteiger partial charge in [0.25, 0.3) is 0 Å². The average molecular weight is 512 g/mol. The Morgan fingerprint density at radius 2 is 1.58 bits per heavy atom. The fraction of sp³-hybridized carbons (Fsp3) is 0.219. The van der Waals surface area contributed by atoms with Crippen molar-refractivity contribution in [1.29, 1.82) is 0 Å². The summed E-state index contributed by atoms with van der Waals surface area (Å²) < 4.78 is 32.2. The molecule has 2 unspecified atom stereocenters. The molecule has 1 aliphatic rings. The minimum absolute atomic E-state index is 0.267. The maximum Gasteiger partial charge on any atom is 0.338 e. The van der Waals surface area contributed by atoms with Crippen molar-refractivity contribution in [3.63, 3.8) is 0 Å². The van der Waals surface area contributed by atoms with Crippen molar-refractivity contribution in [2.45, 2.75) is 44.8 Å². The van der Waals surface area contributed by atoms with Crippen molar-refractivity contribution < 1.29 is 23.4 Å². The average Bonchev–Trinajstić information content (AvgIpc) is 2.93. The lowest BCUT2D eigenvalue weighted by molar-refractivity contribution is -0.143. The van der Waals surface area contributed by atoms with Gasteiger partial charge in [-0.3, -0.25) is 0 Å². The first kappa shape index (κ1) is 25.5. The van der Waals surface area contributed by atoms with Crippen LogP contribution in [0, 0.1) is 5.82 Å². The van der Waals surface area contributed by atoms with Crippen molar-refractivity contribution in [3.05, 3.63) is 131 Å². The molecule has 0 saturated heterocycles. The Bertz CT molecular complexity index is 1370. The number of nitrogens with one attached hydrogen (secondary N) is 1. The van der Waals surface area contributed by atoms with Crippen LogP contribution in [0.1, 0.15) is 47.0 Å². The minimum Gasteiger partial charge on any atom is -0.483 e. The summed E-state index contributed by atoms with van der Waals surface area (Å²) in [7, 11) is 0. The van der Waals surface area contributed by atoms with Crippen LogP contribution in [0.5, 0.6) is 5.75 Å². The van der Waals surface area contributed by atoms with Gasteiger partial charge in [-0.2, -0.15) is 0 Å². The summed E-state index contributed by atoms with van der Waals surface area (Å²) in [4.78, 5) is 13.1. The van der Waals surface area contributed by atoms with Crippen LogP contribution >= 0.6 is 0 Å². The highest BCUT2D eigenvalue weighted by Gasteiger charge is 2.47. The van der Waals surface area contributed by atoms with Crippen LogP contribution in [-0.2, 0) is 22.6 Å². The Morgan fingerprint density at radius 1 is 0.895 bits per heavy atom. The number of hydrogen-bond acceptors (Lipinski definition) is 5. The summed E-state index contributed by atoms with van der Waals surface area (Å²) >= 11 is 0. The van der Waals surface area contributed by atoms with Gasteiger partial charge in [0.15, 0.2) is 6.10 Å². The molecule has 2 atom stereocenters. The highest BCUT2D eigenvalue weighted by Crippen LogP contribution is 2.45. The van der Waals surface area contributed by atoms with Gasteiger partial charge in [-0.15, -0.1) is 0 Å². The zero-order valence-corrected chi connectivity index (χ0v) is 21.4. The summed E-state index contributed by atoms with van der Waals surface area (Å²) in [6.45, 7) is 4.66. The number of carbonyl (C=O) groups is 1. The maximum atomic E-state index is 13.3. The molecule has 38 heavy (non-hydrogen) atoms. The Balaban J connectivity index is 1.44. The van der Waals surface area contributed by atoms with E-state index < -0.39 is 23.8 Å². The monoisotopic (exact) mass is 511 g/mol. The third kappa shape index (κ3) is 5.87. The molecule has 6 heteroatoms. The predicted octanol–water partition coefficient (Wildman–Crippen LogP) is 7.09. The van der Waals surface area contributed by atoms with Gasteiger partial charge in [-0.25, -0.2) is 9.18 Å². The molecule has 5 rings (SSSR count). The lowest BCUT2D eigenvalue weighted by Crippen LogP contribution is -2.51. The first-order valence-electron chi connectivity index (χ1n) is 12.6. The van der Waals surface area contributed by atoms with E-state index in [1.54, 1.807) is 36.4 Å². The van der Waals surface area contributed by atoms with E-state index in [0.717, 1.165) is 22.4 Å². The Hall–Kier alpha value is -4.16. The predicted molar refractivity (Wildman–Crippen MR) is 144 cm³/mol. The molecular formula is C32H30FNO4. The van der Waals surface area contributed by atoms with Gasteiger partial charge in [-0.05, 0) is 67.4 Å². The number of ether oxygens (including phenoxy) is 3. The standard InChI is InChI=1S/C32H30FNO4/c1-32(2)30(37-31(35)24-11-7-4-8-12-24)29(36-21-23-9-5-3-6-10-23)27-19-26(17-18-28(27)38-32)34-20-22-13-15-25(33)16-14-22/h3-19,29-30,34H,20-21H2,1-2H3. The van der Waals surface area contributed by atoms with Crippen LogP contribution in [-0.4, -0.2) is 17.7 Å². The summed E-state index contributed by atoms with van der Waals surface area (Å²) in [6, 6.07) is 31.0. The fourth-order valence-electron chi connectivity index (χ4n) is 4.55. The molecule has 0 bridgehead atoms. The van der Waals surface area contributed by atoms with Crippen LogP contribution in [0.4, 0.5) is 10.1 Å². The Morgan fingerprint density at radius 3 is 2.29 bits per heavy atom. The van der Waals surface area contributed by atoms with Gasteiger partial charge < -0.3 is 19.5 Å². The summed E-state index contributed by atoms with van der Waals surface area (Å²) in [6.07, 6.45) is -1.28. The lowest BCUT2D eigenvalue weighted by atomic mass is 9.87. The first-order valence-corrected chi connectivity index (χ1v) is 12.6. The number of rotatable bonds is 8. The summed E-state index contributed by atoms with van der Waals surface area (Å²) in [5.41, 5.74) is 3.21. The summed E-state index contributed by atoms with van der Waals surface area (Å²) in [5.74, 6) is -0.0289. The van der Waals surface area contributed by atoms with Gasteiger partial charge in [0, 0.05) is 17.8 Å². The zero-order chi connectivity index (χ0) is 26.5. The second-order valence-corrected chi connectivity index (χ2v) is 9.85. The molecule has 4 aromatic rings.